The largest absolute Gasteiger partial charge is 0.478 e. The number of aromatic carboxylic acids is 1. The lowest BCUT2D eigenvalue weighted by molar-refractivity contribution is -0.126. The minimum atomic E-state index is -1.11. The monoisotopic (exact) mass is 426 g/mol. The van der Waals surface area contributed by atoms with Crippen molar-refractivity contribution >= 4 is 39.8 Å². The van der Waals surface area contributed by atoms with Gasteiger partial charge >= 0.3 is 5.97 Å². The summed E-state index contributed by atoms with van der Waals surface area (Å²) in [6.45, 7) is 1.50. The van der Waals surface area contributed by atoms with Crippen molar-refractivity contribution in [2.24, 2.45) is 0 Å². The molecule has 0 unspecified atom stereocenters. The Labute approximate surface area is 161 Å². The van der Waals surface area contributed by atoms with Crippen LogP contribution in [-0.2, 0) is 9.59 Å². The summed E-state index contributed by atoms with van der Waals surface area (Å²) < 4.78 is 6.29. The number of carbonyl (C=O) groups is 3. The third-order valence-electron chi connectivity index (χ3n) is 3.98. The highest BCUT2D eigenvalue weighted by molar-refractivity contribution is 9.10. The lowest BCUT2D eigenvalue weighted by atomic mass is 9.96. The second-order valence-corrected chi connectivity index (χ2v) is 6.57. The Morgan fingerprint density at radius 2 is 2.00 bits per heavy atom. The van der Waals surface area contributed by atoms with Crippen molar-refractivity contribution < 1.29 is 23.9 Å². The van der Waals surface area contributed by atoms with Crippen LogP contribution in [0.15, 0.2) is 55.9 Å². The number of nitrogens with one attached hydrogen (secondary N) is 1. The van der Waals surface area contributed by atoms with Crippen molar-refractivity contribution in [2.75, 3.05) is 0 Å². The van der Waals surface area contributed by atoms with Gasteiger partial charge in [0.05, 0.1) is 5.56 Å². The second-order valence-electron chi connectivity index (χ2n) is 5.65. The zero-order chi connectivity index (χ0) is 19.7. The highest BCUT2D eigenvalue weighted by atomic mass is 79.9. The summed E-state index contributed by atoms with van der Waals surface area (Å²) in [6, 6.07) is 9.68. The molecule has 0 bridgehead atoms. The third kappa shape index (κ3) is 3.45. The summed E-state index contributed by atoms with van der Waals surface area (Å²) in [7, 11) is 0. The fourth-order valence-corrected chi connectivity index (χ4v) is 3.00. The topological polar surface area (TPSA) is 120 Å². The summed E-state index contributed by atoms with van der Waals surface area (Å²) in [6.07, 6.45) is 1.40. The van der Waals surface area contributed by atoms with Gasteiger partial charge < -0.3 is 9.52 Å². The Balaban J connectivity index is 2.05. The van der Waals surface area contributed by atoms with Crippen LogP contribution >= 0.6 is 15.9 Å². The summed E-state index contributed by atoms with van der Waals surface area (Å²) in [5.41, 5.74) is 0.666. The molecular formula is C19H11BrN2O5. The molecule has 1 aliphatic heterocycles. The van der Waals surface area contributed by atoms with Gasteiger partial charge in [0.15, 0.2) is 0 Å². The van der Waals surface area contributed by atoms with Crippen molar-refractivity contribution in [3.05, 3.63) is 62.8 Å². The van der Waals surface area contributed by atoms with Gasteiger partial charge in [-0.05, 0) is 48.9 Å². The van der Waals surface area contributed by atoms with E-state index < -0.39 is 17.8 Å². The summed E-state index contributed by atoms with van der Waals surface area (Å²) in [5, 5.41) is 20.5. The normalized spacial score (nSPS) is 15.7. The van der Waals surface area contributed by atoms with E-state index in [1.807, 2.05) is 0 Å². The highest BCUT2D eigenvalue weighted by Gasteiger charge is 2.27. The van der Waals surface area contributed by atoms with Crippen LogP contribution in [0, 0.1) is 11.3 Å². The first-order chi connectivity index (χ1) is 12.8. The van der Waals surface area contributed by atoms with E-state index in [2.05, 4.69) is 21.2 Å². The van der Waals surface area contributed by atoms with E-state index in [0.717, 1.165) is 0 Å². The average molecular weight is 427 g/mol. The number of amides is 2. The first-order valence-electron chi connectivity index (χ1n) is 7.63. The predicted octanol–water partition coefficient (Wildman–Crippen LogP) is 3.29. The molecule has 0 saturated heterocycles. The molecule has 3 rings (SSSR count). The molecule has 1 aromatic heterocycles. The average Bonchev–Trinajstić information content (AvgIpc) is 3.07. The SMILES string of the molecule is CC1=C(C#N)C(=O)NC(=O)/C1=C\c1ccc(-c2ccc(Br)cc2C(=O)O)o1. The molecule has 0 spiro atoms. The lowest BCUT2D eigenvalue weighted by Gasteiger charge is -2.15. The quantitative estimate of drug-likeness (QED) is 0.573. The Morgan fingerprint density at radius 1 is 1.26 bits per heavy atom. The van der Waals surface area contributed by atoms with Gasteiger partial charge in [0, 0.05) is 15.6 Å². The molecule has 2 aromatic rings. The molecule has 0 fully saturated rings. The maximum Gasteiger partial charge on any atom is 0.336 e. The van der Waals surface area contributed by atoms with E-state index >= 15 is 0 Å². The fourth-order valence-electron chi connectivity index (χ4n) is 2.64. The number of halogens is 1. The Hall–Kier alpha value is -3.44. The molecule has 0 aliphatic carbocycles. The molecule has 8 heteroatoms. The van der Waals surface area contributed by atoms with Crippen LogP contribution in [0.4, 0.5) is 0 Å². The Morgan fingerprint density at radius 3 is 2.67 bits per heavy atom. The number of rotatable bonds is 3. The molecule has 2 N–H and O–H groups in total. The van der Waals surface area contributed by atoms with Crippen molar-refractivity contribution in [1.82, 2.24) is 5.32 Å². The molecule has 2 heterocycles. The van der Waals surface area contributed by atoms with Gasteiger partial charge in [-0.15, -0.1) is 0 Å². The number of hydrogen-bond donors (Lipinski definition) is 2. The van der Waals surface area contributed by atoms with Gasteiger partial charge in [0.2, 0.25) is 0 Å². The fraction of sp³-hybridized carbons (Fsp3) is 0.0526. The smallest absolute Gasteiger partial charge is 0.336 e. The maximum atomic E-state index is 12.1. The molecule has 0 saturated carbocycles. The number of carboxylic acids is 1. The van der Waals surface area contributed by atoms with Crippen LogP contribution in [0.1, 0.15) is 23.0 Å². The number of carboxylic acid groups (broad SMARTS) is 1. The van der Waals surface area contributed by atoms with Gasteiger partial charge in [-0.3, -0.25) is 14.9 Å². The van der Waals surface area contributed by atoms with E-state index in [0.29, 0.717) is 15.8 Å². The van der Waals surface area contributed by atoms with Gasteiger partial charge in [-0.25, -0.2) is 4.79 Å². The highest BCUT2D eigenvalue weighted by Crippen LogP contribution is 2.30. The van der Waals surface area contributed by atoms with E-state index in [4.69, 9.17) is 9.68 Å². The number of hydrogen-bond acceptors (Lipinski definition) is 5. The van der Waals surface area contributed by atoms with Crippen LogP contribution in [0.3, 0.4) is 0 Å². The molecule has 7 nitrogen and oxygen atoms in total. The first-order valence-corrected chi connectivity index (χ1v) is 8.43. The van der Waals surface area contributed by atoms with Crippen LogP contribution in [0.25, 0.3) is 17.4 Å². The van der Waals surface area contributed by atoms with Gasteiger partial charge in [-0.2, -0.15) is 5.26 Å². The number of nitrogens with zero attached hydrogens (tertiary/aromatic N) is 1. The molecule has 0 atom stereocenters. The molecule has 1 aromatic carbocycles. The molecule has 2 amide bonds. The predicted molar refractivity (Wildman–Crippen MR) is 98.2 cm³/mol. The van der Waals surface area contributed by atoms with E-state index in [1.165, 1.54) is 19.1 Å². The van der Waals surface area contributed by atoms with Crippen LogP contribution in [-0.4, -0.2) is 22.9 Å². The second kappa shape index (κ2) is 7.05. The van der Waals surface area contributed by atoms with Crippen molar-refractivity contribution in [2.45, 2.75) is 6.92 Å². The van der Waals surface area contributed by atoms with Gasteiger partial charge in [0.1, 0.15) is 23.2 Å². The van der Waals surface area contributed by atoms with Crippen molar-refractivity contribution in [1.29, 1.82) is 5.26 Å². The van der Waals surface area contributed by atoms with E-state index in [-0.39, 0.29) is 28.0 Å². The van der Waals surface area contributed by atoms with Crippen LogP contribution in [0.2, 0.25) is 0 Å². The van der Waals surface area contributed by atoms with E-state index in [9.17, 15) is 19.5 Å². The number of imide groups is 1. The maximum absolute atomic E-state index is 12.1. The minimum Gasteiger partial charge on any atom is -0.478 e. The van der Waals surface area contributed by atoms with Crippen LogP contribution < -0.4 is 5.32 Å². The standard InChI is InChI=1S/C19H11BrN2O5/c1-9-13(17(23)22-18(24)15(9)8-21)7-11-3-5-16(27-11)12-4-2-10(20)6-14(12)19(25)26/h2-7H,1H3,(H,25,26)(H,22,23,24)/b13-7-. The molecule has 27 heavy (non-hydrogen) atoms. The van der Waals surface area contributed by atoms with Gasteiger partial charge in [0.25, 0.3) is 11.8 Å². The number of furan rings is 1. The summed E-state index contributed by atoms with van der Waals surface area (Å²) >= 11 is 3.23. The first kappa shape index (κ1) is 18.4. The zero-order valence-electron chi connectivity index (χ0n) is 13.9. The zero-order valence-corrected chi connectivity index (χ0v) is 15.5. The van der Waals surface area contributed by atoms with Crippen molar-refractivity contribution in [3.8, 4) is 17.4 Å². The third-order valence-corrected chi connectivity index (χ3v) is 4.47. The molecule has 1 aliphatic rings. The molecular weight excluding hydrogens is 416 g/mol. The van der Waals surface area contributed by atoms with E-state index in [1.54, 1.807) is 30.3 Å². The van der Waals surface area contributed by atoms with Crippen LogP contribution in [0.5, 0.6) is 0 Å². The number of carbonyl (C=O) groups excluding carboxylic acids is 2. The lowest BCUT2D eigenvalue weighted by Crippen LogP contribution is -2.37. The minimum absolute atomic E-state index is 0.0572. The molecule has 0 radical (unpaired) electrons. The van der Waals surface area contributed by atoms with Gasteiger partial charge in [-0.1, -0.05) is 15.9 Å². The summed E-state index contributed by atoms with van der Waals surface area (Å²) in [5.74, 6) is -1.89. The van der Waals surface area contributed by atoms with Crippen molar-refractivity contribution in [3.63, 3.8) is 0 Å². The number of benzene rings is 1. The Kier molecular flexibility index (Phi) is 4.79. The Bertz CT molecular complexity index is 1100. The molecule has 134 valence electrons. The number of nitriles is 1. The summed E-state index contributed by atoms with van der Waals surface area (Å²) in [4.78, 5) is 35.2.